The summed E-state index contributed by atoms with van der Waals surface area (Å²) in [4.78, 5) is 22.4. The van der Waals surface area contributed by atoms with Gasteiger partial charge in [0.25, 0.3) is 0 Å². The van der Waals surface area contributed by atoms with Gasteiger partial charge in [-0.2, -0.15) is 0 Å². The standard InChI is InChI=1S/C15H19NO4/c1-11(2)13(17)19-10-9-15(3,20-14(16)18)12-7-5-4-6-8-12/h4-8H,1,9-10H2,2-3H3,(H2,16,18). The van der Waals surface area contributed by atoms with Crippen molar-refractivity contribution >= 4 is 12.1 Å². The van der Waals surface area contributed by atoms with Crippen molar-refractivity contribution in [3.63, 3.8) is 0 Å². The van der Waals surface area contributed by atoms with Gasteiger partial charge in [0.1, 0.15) is 5.60 Å². The first-order valence-electron chi connectivity index (χ1n) is 6.22. The average Bonchev–Trinajstić information content (AvgIpc) is 2.38. The molecule has 0 saturated heterocycles. The first-order chi connectivity index (χ1) is 9.35. The molecule has 0 spiro atoms. The molecule has 0 aliphatic rings. The van der Waals surface area contributed by atoms with E-state index in [1.54, 1.807) is 13.8 Å². The number of rotatable bonds is 6. The van der Waals surface area contributed by atoms with Gasteiger partial charge in [0, 0.05) is 12.0 Å². The van der Waals surface area contributed by atoms with Gasteiger partial charge < -0.3 is 15.2 Å². The molecule has 1 amide bonds. The maximum absolute atomic E-state index is 11.3. The summed E-state index contributed by atoms with van der Waals surface area (Å²) in [5.74, 6) is -0.473. The highest BCUT2D eigenvalue weighted by Crippen LogP contribution is 2.29. The number of ether oxygens (including phenoxy) is 2. The minimum absolute atomic E-state index is 0.102. The van der Waals surface area contributed by atoms with Gasteiger partial charge in [0.15, 0.2) is 0 Å². The average molecular weight is 277 g/mol. The Morgan fingerprint density at radius 2 is 1.90 bits per heavy atom. The zero-order chi connectivity index (χ0) is 15.2. The van der Waals surface area contributed by atoms with Crippen LogP contribution in [-0.4, -0.2) is 18.7 Å². The van der Waals surface area contributed by atoms with E-state index in [1.165, 1.54) is 0 Å². The third-order valence-corrected chi connectivity index (χ3v) is 2.87. The summed E-state index contributed by atoms with van der Waals surface area (Å²) in [6.07, 6.45) is -0.568. The van der Waals surface area contributed by atoms with E-state index < -0.39 is 17.7 Å². The van der Waals surface area contributed by atoms with Crippen molar-refractivity contribution in [3.05, 3.63) is 48.0 Å². The molecule has 20 heavy (non-hydrogen) atoms. The molecule has 0 radical (unpaired) electrons. The second kappa shape index (κ2) is 6.75. The highest BCUT2D eigenvalue weighted by Gasteiger charge is 2.30. The fourth-order valence-electron chi connectivity index (χ4n) is 1.73. The van der Waals surface area contributed by atoms with Crippen molar-refractivity contribution in [1.82, 2.24) is 0 Å². The number of nitrogens with two attached hydrogens (primary N) is 1. The Balaban J connectivity index is 2.77. The van der Waals surface area contributed by atoms with Gasteiger partial charge in [0.05, 0.1) is 6.61 Å². The number of benzene rings is 1. The Morgan fingerprint density at radius 1 is 1.30 bits per heavy atom. The van der Waals surface area contributed by atoms with E-state index in [2.05, 4.69) is 6.58 Å². The number of amides is 1. The second-order valence-corrected chi connectivity index (χ2v) is 4.68. The lowest BCUT2D eigenvalue weighted by molar-refractivity contribution is -0.140. The quantitative estimate of drug-likeness (QED) is 0.640. The molecule has 0 heterocycles. The van der Waals surface area contributed by atoms with Crippen molar-refractivity contribution in [2.75, 3.05) is 6.61 Å². The van der Waals surface area contributed by atoms with Crippen LogP contribution in [-0.2, 0) is 19.9 Å². The molecular weight excluding hydrogens is 258 g/mol. The first kappa shape index (κ1) is 15.8. The van der Waals surface area contributed by atoms with Gasteiger partial charge in [-0.3, -0.25) is 0 Å². The molecule has 5 heteroatoms. The number of hydrogen-bond donors (Lipinski definition) is 1. The molecule has 0 saturated carbocycles. The SMILES string of the molecule is C=C(C)C(=O)OCCC(C)(OC(N)=O)c1ccccc1. The summed E-state index contributed by atoms with van der Waals surface area (Å²) in [6, 6.07) is 9.16. The number of esters is 1. The van der Waals surface area contributed by atoms with Gasteiger partial charge >= 0.3 is 12.1 Å². The molecule has 108 valence electrons. The minimum Gasteiger partial charge on any atom is -0.462 e. The molecule has 1 aromatic rings. The first-order valence-corrected chi connectivity index (χ1v) is 6.22. The molecule has 0 aromatic heterocycles. The van der Waals surface area contributed by atoms with Crippen LogP contribution in [0, 0.1) is 0 Å². The topological polar surface area (TPSA) is 78.6 Å². The highest BCUT2D eigenvalue weighted by molar-refractivity contribution is 5.86. The monoisotopic (exact) mass is 277 g/mol. The van der Waals surface area contributed by atoms with Crippen LogP contribution in [0.2, 0.25) is 0 Å². The third-order valence-electron chi connectivity index (χ3n) is 2.87. The minimum atomic E-state index is -0.942. The summed E-state index contributed by atoms with van der Waals surface area (Å²) in [5.41, 5.74) is 5.27. The smallest absolute Gasteiger partial charge is 0.405 e. The zero-order valence-corrected chi connectivity index (χ0v) is 11.7. The van der Waals surface area contributed by atoms with Crippen LogP contribution in [0.25, 0.3) is 0 Å². The van der Waals surface area contributed by atoms with Crippen LogP contribution in [0.1, 0.15) is 25.8 Å². The van der Waals surface area contributed by atoms with Crippen molar-refractivity contribution in [1.29, 1.82) is 0 Å². The van der Waals surface area contributed by atoms with E-state index in [0.717, 1.165) is 5.56 Å². The number of carbonyl (C=O) groups excluding carboxylic acids is 2. The number of carbonyl (C=O) groups is 2. The van der Waals surface area contributed by atoms with E-state index >= 15 is 0 Å². The van der Waals surface area contributed by atoms with Crippen LogP contribution >= 0.6 is 0 Å². The number of primary amides is 1. The molecule has 5 nitrogen and oxygen atoms in total. The fourth-order valence-corrected chi connectivity index (χ4v) is 1.73. The van der Waals surface area contributed by atoms with E-state index in [1.807, 2.05) is 30.3 Å². The summed E-state index contributed by atoms with van der Waals surface area (Å²) in [5, 5.41) is 0. The molecule has 1 rings (SSSR count). The van der Waals surface area contributed by atoms with E-state index in [-0.39, 0.29) is 6.61 Å². The van der Waals surface area contributed by atoms with Gasteiger partial charge in [0.2, 0.25) is 0 Å². The normalized spacial score (nSPS) is 13.1. The Hall–Kier alpha value is -2.30. The number of hydrogen-bond acceptors (Lipinski definition) is 4. The van der Waals surface area contributed by atoms with E-state index in [0.29, 0.717) is 12.0 Å². The van der Waals surface area contributed by atoms with Crippen LogP contribution in [0.3, 0.4) is 0 Å². The molecule has 0 bridgehead atoms. The zero-order valence-electron chi connectivity index (χ0n) is 11.7. The summed E-state index contributed by atoms with van der Waals surface area (Å²) in [7, 11) is 0. The fraction of sp³-hybridized carbons (Fsp3) is 0.333. The predicted octanol–water partition coefficient (Wildman–Crippen LogP) is 2.51. The Kier molecular flexibility index (Phi) is 5.32. The highest BCUT2D eigenvalue weighted by atomic mass is 16.6. The molecule has 1 atom stereocenters. The molecule has 1 aromatic carbocycles. The maximum Gasteiger partial charge on any atom is 0.405 e. The molecule has 2 N–H and O–H groups in total. The van der Waals surface area contributed by atoms with Crippen LogP contribution in [0.5, 0.6) is 0 Å². The third kappa shape index (κ3) is 4.42. The second-order valence-electron chi connectivity index (χ2n) is 4.68. The lowest BCUT2D eigenvalue weighted by Gasteiger charge is -2.29. The van der Waals surface area contributed by atoms with Crippen molar-refractivity contribution in [3.8, 4) is 0 Å². The van der Waals surface area contributed by atoms with E-state index in [9.17, 15) is 9.59 Å². The molecule has 0 aliphatic heterocycles. The Morgan fingerprint density at radius 3 is 2.40 bits per heavy atom. The van der Waals surface area contributed by atoms with Gasteiger partial charge in [-0.15, -0.1) is 0 Å². The van der Waals surface area contributed by atoms with Gasteiger partial charge in [-0.25, -0.2) is 9.59 Å². The van der Waals surface area contributed by atoms with Crippen LogP contribution in [0.15, 0.2) is 42.5 Å². The van der Waals surface area contributed by atoms with Gasteiger partial charge in [-0.1, -0.05) is 36.9 Å². The van der Waals surface area contributed by atoms with E-state index in [4.69, 9.17) is 15.2 Å². The van der Waals surface area contributed by atoms with Crippen molar-refractivity contribution < 1.29 is 19.1 Å². The Labute approximate surface area is 118 Å². The van der Waals surface area contributed by atoms with Gasteiger partial charge in [-0.05, 0) is 19.4 Å². The summed E-state index contributed by atoms with van der Waals surface area (Å²) < 4.78 is 10.2. The van der Waals surface area contributed by atoms with Crippen molar-refractivity contribution in [2.45, 2.75) is 25.9 Å². The van der Waals surface area contributed by atoms with Crippen molar-refractivity contribution in [2.24, 2.45) is 5.73 Å². The van der Waals surface area contributed by atoms with Crippen LogP contribution in [0.4, 0.5) is 4.79 Å². The Bertz CT molecular complexity index is 498. The molecule has 1 unspecified atom stereocenters. The predicted molar refractivity (Wildman–Crippen MR) is 74.9 cm³/mol. The summed E-state index contributed by atoms with van der Waals surface area (Å²) >= 11 is 0. The molecular formula is C15H19NO4. The largest absolute Gasteiger partial charge is 0.462 e. The lowest BCUT2D eigenvalue weighted by atomic mass is 9.92. The van der Waals surface area contributed by atoms with Crippen LogP contribution < -0.4 is 5.73 Å². The lowest BCUT2D eigenvalue weighted by Crippen LogP contribution is -2.33. The maximum atomic E-state index is 11.3. The summed E-state index contributed by atoms with van der Waals surface area (Å²) in [6.45, 7) is 6.89. The molecule has 0 aliphatic carbocycles. The molecule has 0 fully saturated rings.